The molecule has 3 rings (SSSR count). The summed E-state index contributed by atoms with van der Waals surface area (Å²) in [7, 11) is -3.76. The van der Waals surface area contributed by atoms with Crippen LogP contribution >= 0.6 is 15.9 Å². The molecule has 1 N–H and O–H groups in total. The van der Waals surface area contributed by atoms with Crippen LogP contribution in [0.5, 0.6) is 5.75 Å². The highest BCUT2D eigenvalue weighted by Gasteiger charge is 2.47. The molecule has 0 radical (unpaired) electrons. The van der Waals surface area contributed by atoms with Gasteiger partial charge in [0.2, 0.25) is 10.0 Å². The van der Waals surface area contributed by atoms with Gasteiger partial charge in [-0.1, -0.05) is 28.1 Å². The van der Waals surface area contributed by atoms with Crippen molar-refractivity contribution in [3.63, 3.8) is 0 Å². The molecule has 0 heterocycles. The van der Waals surface area contributed by atoms with Gasteiger partial charge in [-0.2, -0.15) is 8.78 Å². The topological polar surface area (TPSA) is 55.4 Å². The summed E-state index contributed by atoms with van der Waals surface area (Å²) in [5.74, 6) is -0.0852. The van der Waals surface area contributed by atoms with Crippen LogP contribution in [0.2, 0.25) is 0 Å². The Morgan fingerprint density at radius 3 is 2.12 bits per heavy atom. The third-order valence-corrected chi connectivity index (χ3v) is 5.92. The van der Waals surface area contributed by atoms with Gasteiger partial charge < -0.3 is 4.74 Å². The Hall–Kier alpha value is -1.51. The van der Waals surface area contributed by atoms with Crippen LogP contribution in [0.3, 0.4) is 0 Å². The molecule has 0 spiro atoms. The van der Waals surface area contributed by atoms with Gasteiger partial charge in [-0.3, -0.25) is 0 Å². The van der Waals surface area contributed by atoms with Crippen LogP contribution in [0.25, 0.3) is 0 Å². The standard InChI is InChI=1S/C16H14BrF2NO3S/c17-12-3-1-11(2-4-12)16(9-10-16)20-24(21,22)14-7-5-13(6-8-14)23-15(18)19/h1-8,15,20H,9-10H2. The second-order valence-electron chi connectivity index (χ2n) is 5.54. The maximum absolute atomic E-state index is 12.6. The first-order valence-corrected chi connectivity index (χ1v) is 9.43. The lowest BCUT2D eigenvalue weighted by Crippen LogP contribution is -2.34. The Morgan fingerprint density at radius 2 is 1.62 bits per heavy atom. The summed E-state index contributed by atoms with van der Waals surface area (Å²) in [5, 5.41) is 0. The van der Waals surface area contributed by atoms with Crippen LogP contribution in [-0.4, -0.2) is 15.0 Å². The van der Waals surface area contributed by atoms with E-state index in [1.807, 2.05) is 24.3 Å². The lowest BCUT2D eigenvalue weighted by molar-refractivity contribution is -0.0498. The Kier molecular flexibility index (Phi) is 4.63. The predicted molar refractivity (Wildman–Crippen MR) is 88.4 cm³/mol. The van der Waals surface area contributed by atoms with Crippen molar-refractivity contribution >= 4 is 26.0 Å². The van der Waals surface area contributed by atoms with E-state index in [1.54, 1.807) is 0 Å². The summed E-state index contributed by atoms with van der Waals surface area (Å²) in [6, 6.07) is 12.4. The van der Waals surface area contributed by atoms with E-state index in [0.29, 0.717) is 12.8 Å². The molecular formula is C16H14BrF2NO3S. The molecule has 2 aromatic carbocycles. The molecule has 0 aromatic heterocycles. The summed E-state index contributed by atoms with van der Waals surface area (Å²) in [6.07, 6.45) is 1.42. The number of sulfonamides is 1. The number of alkyl halides is 2. The first-order chi connectivity index (χ1) is 11.3. The number of hydrogen-bond acceptors (Lipinski definition) is 3. The molecule has 1 aliphatic carbocycles. The molecule has 0 saturated heterocycles. The van der Waals surface area contributed by atoms with E-state index < -0.39 is 22.2 Å². The number of rotatable bonds is 6. The van der Waals surface area contributed by atoms with Crippen molar-refractivity contribution in [1.29, 1.82) is 0 Å². The highest BCUT2D eigenvalue weighted by atomic mass is 79.9. The molecule has 4 nitrogen and oxygen atoms in total. The van der Waals surface area contributed by atoms with Gasteiger partial charge in [0.1, 0.15) is 5.75 Å². The molecular weight excluding hydrogens is 404 g/mol. The van der Waals surface area contributed by atoms with Crippen LogP contribution in [0, 0.1) is 0 Å². The van der Waals surface area contributed by atoms with Gasteiger partial charge in [0.15, 0.2) is 0 Å². The predicted octanol–water partition coefficient (Wildman–Crippen LogP) is 4.02. The summed E-state index contributed by atoms with van der Waals surface area (Å²) in [5.41, 5.74) is 0.296. The molecule has 0 bridgehead atoms. The van der Waals surface area contributed by atoms with E-state index in [-0.39, 0.29) is 10.6 Å². The first-order valence-electron chi connectivity index (χ1n) is 7.16. The minimum absolute atomic E-state index is 0.00695. The largest absolute Gasteiger partial charge is 0.435 e. The molecule has 1 fully saturated rings. The SMILES string of the molecule is O=S(=O)(NC1(c2ccc(Br)cc2)CC1)c1ccc(OC(F)F)cc1. The lowest BCUT2D eigenvalue weighted by Gasteiger charge is -2.18. The van der Waals surface area contributed by atoms with Crippen molar-refractivity contribution in [3.8, 4) is 5.75 Å². The smallest absolute Gasteiger partial charge is 0.387 e. The van der Waals surface area contributed by atoms with E-state index >= 15 is 0 Å². The number of nitrogens with one attached hydrogen (secondary N) is 1. The van der Waals surface area contributed by atoms with E-state index in [4.69, 9.17) is 0 Å². The molecule has 1 aliphatic rings. The minimum atomic E-state index is -3.76. The number of ether oxygens (including phenoxy) is 1. The highest BCUT2D eigenvalue weighted by molar-refractivity contribution is 9.10. The van der Waals surface area contributed by atoms with E-state index in [2.05, 4.69) is 25.4 Å². The maximum atomic E-state index is 12.6. The first kappa shape index (κ1) is 17.3. The molecule has 2 aromatic rings. The Labute approximate surface area is 147 Å². The lowest BCUT2D eigenvalue weighted by atomic mass is 10.1. The summed E-state index contributed by atoms with van der Waals surface area (Å²) in [4.78, 5) is 0.00695. The maximum Gasteiger partial charge on any atom is 0.387 e. The second-order valence-corrected chi connectivity index (χ2v) is 8.14. The van der Waals surface area contributed by atoms with Gasteiger partial charge in [0.25, 0.3) is 0 Å². The fraction of sp³-hybridized carbons (Fsp3) is 0.250. The summed E-state index contributed by atoms with van der Waals surface area (Å²) >= 11 is 3.35. The normalized spacial score (nSPS) is 16.2. The summed E-state index contributed by atoms with van der Waals surface area (Å²) < 4.78 is 57.3. The molecule has 128 valence electrons. The zero-order valence-corrected chi connectivity index (χ0v) is 14.8. The molecule has 1 saturated carbocycles. The Morgan fingerprint density at radius 1 is 1.04 bits per heavy atom. The van der Waals surface area contributed by atoms with Crippen molar-refractivity contribution in [2.24, 2.45) is 0 Å². The average molecular weight is 418 g/mol. The zero-order valence-electron chi connectivity index (χ0n) is 12.4. The van der Waals surface area contributed by atoms with Crippen LogP contribution < -0.4 is 9.46 Å². The van der Waals surface area contributed by atoms with Gasteiger partial charge in [0, 0.05) is 4.47 Å². The third-order valence-electron chi connectivity index (χ3n) is 3.84. The van der Waals surface area contributed by atoms with E-state index in [9.17, 15) is 17.2 Å². The monoisotopic (exact) mass is 417 g/mol. The zero-order chi connectivity index (χ0) is 17.4. The van der Waals surface area contributed by atoms with Crippen molar-refractivity contribution in [3.05, 3.63) is 58.6 Å². The van der Waals surface area contributed by atoms with Gasteiger partial charge in [-0.25, -0.2) is 13.1 Å². The summed E-state index contributed by atoms with van der Waals surface area (Å²) in [6.45, 7) is -2.95. The molecule has 0 unspecified atom stereocenters. The molecule has 8 heteroatoms. The molecule has 24 heavy (non-hydrogen) atoms. The molecule has 0 aliphatic heterocycles. The van der Waals surface area contributed by atoms with Crippen LogP contribution in [-0.2, 0) is 15.6 Å². The highest BCUT2D eigenvalue weighted by Crippen LogP contribution is 2.46. The van der Waals surface area contributed by atoms with Crippen molar-refractivity contribution in [2.45, 2.75) is 29.9 Å². The van der Waals surface area contributed by atoms with Crippen molar-refractivity contribution < 1.29 is 21.9 Å². The third kappa shape index (κ3) is 3.76. The van der Waals surface area contributed by atoms with Gasteiger partial charge in [-0.15, -0.1) is 0 Å². The number of benzene rings is 2. The van der Waals surface area contributed by atoms with Crippen molar-refractivity contribution in [2.75, 3.05) is 0 Å². The fourth-order valence-corrected chi connectivity index (χ4v) is 4.17. The second kappa shape index (κ2) is 6.42. The van der Waals surface area contributed by atoms with Gasteiger partial charge in [0.05, 0.1) is 10.4 Å². The number of hydrogen-bond donors (Lipinski definition) is 1. The molecule has 0 amide bonds. The van der Waals surface area contributed by atoms with Crippen LogP contribution in [0.15, 0.2) is 57.9 Å². The Balaban J connectivity index is 1.80. The van der Waals surface area contributed by atoms with Crippen molar-refractivity contribution in [1.82, 2.24) is 4.72 Å². The molecule has 0 atom stereocenters. The van der Waals surface area contributed by atoms with E-state index in [1.165, 1.54) is 24.3 Å². The van der Waals surface area contributed by atoms with Crippen LogP contribution in [0.1, 0.15) is 18.4 Å². The van der Waals surface area contributed by atoms with Crippen LogP contribution in [0.4, 0.5) is 8.78 Å². The van der Waals surface area contributed by atoms with Gasteiger partial charge >= 0.3 is 6.61 Å². The van der Waals surface area contributed by atoms with Gasteiger partial charge in [-0.05, 0) is 54.8 Å². The number of halogens is 3. The fourth-order valence-electron chi connectivity index (χ4n) is 2.46. The van der Waals surface area contributed by atoms with E-state index in [0.717, 1.165) is 10.0 Å². The average Bonchev–Trinajstić information content (AvgIpc) is 3.28. The quantitative estimate of drug-likeness (QED) is 0.771. The minimum Gasteiger partial charge on any atom is -0.435 e. The Bertz CT molecular complexity index is 819.